The van der Waals surface area contributed by atoms with Crippen molar-refractivity contribution in [1.82, 2.24) is 0 Å². The third-order valence-corrected chi connectivity index (χ3v) is 2.83. The molecule has 2 unspecified atom stereocenters. The van der Waals surface area contributed by atoms with Crippen molar-refractivity contribution < 1.29 is 14.9 Å². The van der Waals surface area contributed by atoms with E-state index in [2.05, 4.69) is 0 Å². The van der Waals surface area contributed by atoms with Crippen molar-refractivity contribution in [2.45, 2.75) is 11.7 Å². The molecule has 1 aliphatic heterocycles. The largest absolute Gasteiger partial charge is 0.508 e. The van der Waals surface area contributed by atoms with Gasteiger partial charge in [-0.2, -0.15) is 0 Å². The molecule has 2 aliphatic rings. The van der Waals surface area contributed by atoms with Gasteiger partial charge in [-0.3, -0.25) is 0 Å². The van der Waals surface area contributed by atoms with Crippen LogP contribution in [0.25, 0.3) is 0 Å². The molecule has 1 aromatic carbocycles. The number of aliphatic hydroxyl groups excluding tert-OH is 1. The summed E-state index contributed by atoms with van der Waals surface area (Å²) in [5.74, 6) is 0.484. The first-order valence-electron chi connectivity index (χ1n) is 4.78. The van der Waals surface area contributed by atoms with Crippen LogP contribution in [0.15, 0.2) is 48.3 Å². The Kier molecular flexibility index (Phi) is 1.51. The molecule has 0 bridgehead atoms. The van der Waals surface area contributed by atoms with Crippen LogP contribution in [0.4, 0.5) is 0 Å². The summed E-state index contributed by atoms with van der Waals surface area (Å²) in [6.07, 6.45) is 5.09. The molecule has 76 valence electrons. The van der Waals surface area contributed by atoms with E-state index in [0.29, 0.717) is 0 Å². The van der Waals surface area contributed by atoms with Crippen LogP contribution in [0.3, 0.4) is 0 Å². The van der Waals surface area contributed by atoms with Crippen LogP contribution in [0.1, 0.15) is 5.56 Å². The maximum absolute atomic E-state index is 9.27. The summed E-state index contributed by atoms with van der Waals surface area (Å²) in [4.78, 5) is 0. The minimum atomic E-state index is -0.417. The highest BCUT2D eigenvalue weighted by Gasteiger charge is 2.56. The van der Waals surface area contributed by atoms with Gasteiger partial charge in [-0.1, -0.05) is 12.1 Å². The number of rotatable bonds is 1. The zero-order valence-corrected chi connectivity index (χ0v) is 7.92. The average molecular weight is 202 g/mol. The first-order valence-corrected chi connectivity index (χ1v) is 4.78. The number of hydrogen-bond acceptors (Lipinski definition) is 3. The first kappa shape index (κ1) is 8.56. The number of aromatic hydroxyl groups is 1. The van der Waals surface area contributed by atoms with Crippen molar-refractivity contribution in [3.05, 3.63) is 53.8 Å². The molecule has 0 aromatic heterocycles. The SMILES string of the molecule is OC1=CC2OC2(c2ccc(O)cc2)C=C1. The van der Waals surface area contributed by atoms with Gasteiger partial charge in [0.15, 0.2) is 0 Å². The standard InChI is InChI=1S/C12H10O3/c13-9-3-1-8(2-4-9)12-6-5-10(14)7-11(12)15-12/h1-7,11,13-14H. The van der Waals surface area contributed by atoms with Crippen LogP contribution in [-0.4, -0.2) is 16.3 Å². The van der Waals surface area contributed by atoms with Crippen LogP contribution in [0.2, 0.25) is 0 Å². The number of phenols is 1. The van der Waals surface area contributed by atoms with E-state index in [1.54, 1.807) is 24.3 Å². The molecular weight excluding hydrogens is 192 g/mol. The Morgan fingerprint density at radius 1 is 1.13 bits per heavy atom. The van der Waals surface area contributed by atoms with E-state index in [-0.39, 0.29) is 17.6 Å². The van der Waals surface area contributed by atoms with Gasteiger partial charge in [0.05, 0.1) is 0 Å². The van der Waals surface area contributed by atoms with E-state index in [1.165, 1.54) is 0 Å². The minimum Gasteiger partial charge on any atom is -0.508 e. The van der Waals surface area contributed by atoms with Crippen LogP contribution in [0.5, 0.6) is 5.75 Å². The van der Waals surface area contributed by atoms with Crippen molar-refractivity contribution in [1.29, 1.82) is 0 Å². The molecule has 3 rings (SSSR count). The van der Waals surface area contributed by atoms with Crippen LogP contribution >= 0.6 is 0 Å². The normalized spacial score (nSPS) is 32.0. The monoisotopic (exact) mass is 202 g/mol. The summed E-state index contributed by atoms with van der Waals surface area (Å²) in [7, 11) is 0. The molecule has 0 saturated carbocycles. The van der Waals surface area contributed by atoms with Crippen molar-refractivity contribution in [2.75, 3.05) is 0 Å². The van der Waals surface area contributed by atoms with Crippen LogP contribution < -0.4 is 0 Å². The molecule has 3 nitrogen and oxygen atoms in total. The second-order valence-corrected chi connectivity index (χ2v) is 3.80. The molecule has 3 heteroatoms. The molecule has 1 aromatic rings. The summed E-state index contributed by atoms with van der Waals surface area (Å²) < 4.78 is 5.56. The number of epoxide rings is 1. The number of ether oxygens (including phenoxy) is 1. The lowest BCUT2D eigenvalue weighted by atomic mass is 9.92. The second kappa shape index (κ2) is 2.64. The van der Waals surface area contributed by atoms with Gasteiger partial charge in [0.25, 0.3) is 0 Å². The fourth-order valence-corrected chi connectivity index (χ4v) is 1.94. The van der Waals surface area contributed by atoms with E-state index < -0.39 is 5.60 Å². The number of allylic oxidation sites excluding steroid dienone is 1. The molecular formula is C12H10O3. The number of benzene rings is 1. The molecule has 2 N–H and O–H groups in total. The maximum atomic E-state index is 9.27. The summed E-state index contributed by atoms with van der Waals surface area (Å²) in [6, 6.07) is 6.93. The third-order valence-electron chi connectivity index (χ3n) is 2.83. The Labute approximate surface area is 86.9 Å². The van der Waals surface area contributed by atoms with Crippen molar-refractivity contribution in [2.24, 2.45) is 0 Å². The van der Waals surface area contributed by atoms with E-state index in [0.717, 1.165) is 5.56 Å². The molecule has 1 fully saturated rings. The van der Waals surface area contributed by atoms with Crippen LogP contribution in [0, 0.1) is 0 Å². The Morgan fingerprint density at radius 2 is 1.87 bits per heavy atom. The zero-order chi connectivity index (χ0) is 10.5. The Hall–Kier alpha value is -1.74. The summed E-state index contributed by atoms with van der Waals surface area (Å²) >= 11 is 0. The van der Waals surface area contributed by atoms with Gasteiger partial charge in [0.2, 0.25) is 0 Å². The Bertz CT molecular complexity index is 458. The van der Waals surface area contributed by atoms with Crippen molar-refractivity contribution in [3.63, 3.8) is 0 Å². The third kappa shape index (κ3) is 1.17. The fourth-order valence-electron chi connectivity index (χ4n) is 1.94. The highest BCUT2D eigenvalue weighted by molar-refractivity contribution is 5.44. The molecule has 15 heavy (non-hydrogen) atoms. The lowest BCUT2D eigenvalue weighted by Gasteiger charge is -2.10. The zero-order valence-electron chi connectivity index (χ0n) is 7.92. The predicted octanol–water partition coefficient (Wildman–Crippen LogP) is 2.00. The molecule has 0 amide bonds. The summed E-state index contributed by atoms with van der Waals surface area (Å²) in [5, 5.41) is 18.4. The topological polar surface area (TPSA) is 53.0 Å². The van der Waals surface area contributed by atoms with Crippen LogP contribution in [-0.2, 0) is 10.3 Å². The van der Waals surface area contributed by atoms with Crippen molar-refractivity contribution in [3.8, 4) is 5.75 Å². The molecule has 1 aliphatic carbocycles. The Balaban J connectivity index is 1.98. The molecule has 0 radical (unpaired) electrons. The van der Waals surface area contributed by atoms with E-state index in [1.807, 2.05) is 18.2 Å². The highest BCUT2D eigenvalue weighted by atomic mass is 16.6. The van der Waals surface area contributed by atoms with Gasteiger partial charge in [-0.25, -0.2) is 0 Å². The van der Waals surface area contributed by atoms with E-state index >= 15 is 0 Å². The molecule has 1 heterocycles. The fraction of sp³-hybridized carbons (Fsp3) is 0.167. The number of hydrogen-bond donors (Lipinski definition) is 2. The molecule has 0 spiro atoms. The smallest absolute Gasteiger partial charge is 0.142 e. The number of aliphatic hydroxyl groups is 1. The van der Waals surface area contributed by atoms with E-state index in [9.17, 15) is 10.2 Å². The highest BCUT2D eigenvalue weighted by Crippen LogP contribution is 2.50. The summed E-state index contributed by atoms with van der Waals surface area (Å²) in [6.45, 7) is 0. The van der Waals surface area contributed by atoms with Crippen molar-refractivity contribution >= 4 is 0 Å². The van der Waals surface area contributed by atoms with Gasteiger partial charge >= 0.3 is 0 Å². The van der Waals surface area contributed by atoms with Gasteiger partial charge in [-0.15, -0.1) is 0 Å². The predicted molar refractivity (Wildman–Crippen MR) is 54.5 cm³/mol. The van der Waals surface area contributed by atoms with E-state index in [4.69, 9.17) is 4.74 Å². The lowest BCUT2D eigenvalue weighted by molar-refractivity contribution is 0.345. The number of phenolic OH excluding ortho intramolecular Hbond substituents is 1. The van der Waals surface area contributed by atoms with Gasteiger partial charge < -0.3 is 14.9 Å². The average Bonchev–Trinajstić information content (AvgIpc) is 2.93. The molecule has 2 atom stereocenters. The maximum Gasteiger partial charge on any atom is 0.142 e. The quantitative estimate of drug-likeness (QED) is 0.685. The second-order valence-electron chi connectivity index (χ2n) is 3.80. The summed E-state index contributed by atoms with van der Waals surface area (Å²) in [5.41, 5.74) is 0.574. The Morgan fingerprint density at radius 3 is 2.53 bits per heavy atom. The van der Waals surface area contributed by atoms with Gasteiger partial charge in [0, 0.05) is 0 Å². The lowest BCUT2D eigenvalue weighted by Crippen LogP contribution is -2.11. The van der Waals surface area contributed by atoms with Gasteiger partial charge in [-0.05, 0) is 35.9 Å². The minimum absolute atomic E-state index is 0.0768. The first-order chi connectivity index (χ1) is 7.21. The van der Waals surface area contributed by atoms with Gasteiger partial charge in [0.1, 0.15) is 23.2 Å². The number of fused-ring (bicyclic) bond motifs is 1. The molecule has 1 saturated heterocycles.